The maximum atomic E-state index is 12.8. The van der Waals surface area contributed by atoms with Crippen LogP contribution in [0.4, 0.5) is 10.9 Å². The molecule has 0 saturated carbocycles. The zero-order valence-corrected chi connectivity index (χ0v) is 17.8. The number of hydrogen-bond donors (Lipinski definition) is 2. The van der Waals surface area contributed by atoms with Gasteiger partial charge >= 0.3 is 0 Å². The lowest BCUT2D eigenvalue weighted by Crippen LogP contribution is -2.38. The van der Waals surface area contributed by atoms with Crippen LogP contribution in [-0.4, -0.2) is 63.7 Å². The monoisotopic (exact) mass is 426 g/mol. The summed E-state index contributed by atoms with van der Waals surface area (Å²) in [4.78, 5) is 26.4. The average Bonchev–Trinajstić information content (AvgIpc) is 3.48. The minimum atomic E-state index is -0.217. The first-order chi connectivity index (χ1) is 14.6. The quantitative estimate of drug-likeness (QED) is 0.664. The van der Waals surface area contributed by atoms with E-state index in [9.17, 15) is 9.90 Å². The van der Waals surface area contributed by atoms with E-state index < -0.39 is 0 Å². The number of nitrogens with zero attached hydrogens (tertiary/aromatic N) is 5. The van der Waals surface area contributed by atoms with Gasteiger partial charge in [-0.25, -0.2) is 9.97 Å². The molecule has 5 heterocycles. The van der Waals surface area contributed by atoms with Crippen molar-refractivity contribution in [1.29, 1.82) is 0 Å². The molecule has 2 N–H and O–H groups in total. The topological polar surface area (TPSA) is 86.0 Å². The minimum absolute atomic E-state index is 0.0742. The van der Waals surface area contributed by atoms with Gasteiger partial charge in [0.05, 0.1) is 17.3 Å². The molecule has 9 heteroatoms. The van der Waals surface area contributed by atoms with Gasteiger partial charge in [-0.3, -0.25) is 4.79 Å². The van der Waals surface area contributed by atoms with Crippen molar-refractivity contribution in [2.45, 2.75) is 38.3 Å². The van der Waals surface area contributed by atoms with Gasteiger partial charge in [0.1, 0.15) is 5.69 Å². The number of thiazole rings is 1. The number of rotatable bonds is 4. The van der Waals surface area contributed by atoms with Crippen LogP contribution in [0, 0.1) is 6.92 Å². The first-order valence-corrected chi connectivity index (χ1v) is 11.3. The van der Waals surface area contributed by atoms with Gasteiger partial charge in [0.2, 0.25) is 0 Å². The lowest BCUT2D eigenvalue weighted by Gasteiger charge is -2.29. The molecule has 2 aliphatic heterocycles. The summed E-state index contributed by atoms with van der Waals surface area (Å²) < 4.78 is 2.10. The van der Waals surface area contributed by atoms with E-state index in [4.69, 9.17) is 4.98 Å². The first kappa shape index (κ1) is 19.3. The molecule has 30 heavy (non-hydrogen) atoms. The number of aromatic nitrogens is 3. The summed E-state index contributed by atoms with van der Waals surface area (Å²) in [6.07, 6.45) is 6.23. The second kappa shape index (κ2) is 7.88. The molecule has 3 aromatic rings. The third-order valence-corrected chi connectivity index (χ3v) is 6.80. The van der Waals surface area contributed by atoms with Crippen LogP contribution in [0.5, 0.6) is 0 Å². The van der Waals surface area contributed by atoms with Crippen molar-refractivity contribution in [1.82, 2.24) is 19.7 Å². The summed E-state index contributed by atoms with van der Waals surface area (Å²) in [5.41, 5.74) is 2.53. The molecule has 1 amide bonds. The van der Waals surface area contributed by atoms with Crippen molar-refractivity contribution in [2.75, 3.05) is 36.0 Å². The van der Waals surface area contributed by atoms with E-state index in [0.717, 1.165) is 67.6 Å². The summed E-state index contributed by atoms with van der Waals surface area (Å²) in [6, 6.07) is 4.17. The number of amides is 1. The van der Waals surface area contributed by atoms with Crippen LogP contribution in [0.1, 0.15) is 35.4 Å². The maximum absolute atomic E-state index is 12.8. The first-order valence-electron chi connectivity index (χ1n) is 10.5. The highest BCUT2D eigenvalue weighted by Gasteiger charge is 2.28. The molecule has 158 valence electrons. The van der Waals surface area contributed by atoms with Gasteiger partial charge < -0.3 is 24.6 Å². The van der Waals surface area contributed by atoms with Crippen LogP contribution in [-0.2, 0) is 0 Å². The number of aliphatic hydroxyl groups is 1. The van der Waals surface area contributed by atoms with Crippen molar-refractivity contribution < 1.29 is 9.90 Å². The largest absolute Gasteiger partial charge is 0.393 e. The number of hydrogen-bond acceptors (Lipinski definition) is 7. The Morgan fingerprint density at radius 3 is 2.83 bits per heavy atom. The zero-order chi connectivity index (χ0) is 20.7. The molecule has 0 spiro atoms. The Kier molecular flexibility index (Phi) is 5.08. The van der Waals surface area contributed by atoms with Crippen molar-refractivity contribution in [3.05, 3.63) is 41.3 Å². The lowest BCUT2D eigenvalue weighted by molar-refractivity contribution is 0.0936. The number of fused-ring (bicyclic) bond motifs is 1. The van der Waals surface area contributed by atoms with Gasteiger partial charge in [0.25, 0.3) is 5.91 Å². The number of aryl methyl sites for hydroxylation is 1. The fourth-order valence-electron chi connectivity index (χ4n) is 4.28. The van der Waals surface area contributed by atoms with E-state index in [1.807, 2.05) is 30.8 Å². The fraction of sp³-hybridized carbons (Fsp3) is 0.476. The highest BCUT2D eigenvalue weighted by Crippen LogP contribution is 2.26. The summed E-state index contributed by atoms with van der Waals surface area (Å²) in [5, 5.41) is 15.5. The van der Waals surface area contributed by atoms with Gasteiger partial charge in [-0.2, -0.15) is 0 Å². The van der Waals surface area contributed by atoms with Crippen molar-refractivity contribution in [3.8, 4) is 0 Å². The molecule has 0 aromatic carbocycles. The predicted octanol–water partition coefficient (Wildman–Crippen LogP) is 2.07. The highest BCUT2D eigenvalue weighted by molar-refractivity contribution is 7.13. The van der Waals surface area contributed by atoms with Crippen molar-refractivity contribution >= 4 is 33.7 Å². The third kappa shape index (κ3) is 3.75. The van der Waals surface area contributed by atoms with Gasteiger partial charge in [-0.1, -0.05) is 0 Å². The van der Waals surface area contributed by atoms with E-state index in [1.54, 1.807) is 0 Å². The van der Waals surface area contributed by atoms with Crippen LogP contribution < -0.4 is 15.1 Å². The van der Waals surface area contributed by atoms with Crippen LogP contribution in [0.2, 0.25) is 0 Å². The van der Waals surface area contributed by atoms with Crippen LogP contribution in [0.3, 0.4) is 0 Å². The van der Waals surface area contributed by atoms with Crippen LogP contribution >= 0.6 is 11.3 Å². The SMILES string of the molecule is Cc1cn2cccc2c(N2CC[C@H](NC(=O)c3csc(N4CCC(O)CC4)n3)C2)n1. The number of anilines is 2. The van der Waals surface area contributed by atoms with E-state index >= 15 is 0 Å². The smallest absolute Gasteiger partial charge is 0.271 e. The maximum Gasteiger partial charge on any atom is 0.271 e. The number of piperidine rings is 1. The molecule has 2 aliphatic rings. The Morgan fingerprint density at radius 1 is 1.20 bits per heavy atom. The molecule has 2 fully saturated rings. The van der Waals surface area contributed by atoms with Gasteiger partial charge in [0, 0.05) is 50.0 Å². The molecule has 5 rings (SSSR count). The summed E-state index contributed by atoms with van der Waals surface area (Å²) >= 11 is 1.49. The summed E-state index contributed by atoms with van der Waals surface area (Å²) in [5.74, 6) is 0.853. The highest BCUT2D eigenvalue weighted by atomic mass is 32.1. The molecule has 2 saturated heterocycles. The van der Waals surface area contributed by atoms with Crippen molar-refractivity contribution in [3.63, 3.8) is 0 Å². The lowest BCUT2D eigenvalue weighted by atomic mass is 10.1. The van der Waals surface area contributed by atoms with Crippen LogP contribution in [0.15, 0.2) is 29.9 Å². The Bertz CT molecular complexity index is 1050. The molecule has 0 aliphatic carbocycles. The molecule has 3 aromatic heterocycles. The van der Waals surface area contributed by atoms with E-state index in [0.29, 0.717) is 5.69 Å². The second-order valence-electron chi connectivity index (χ2n) is 8.15. The fourth-order valence-corrected chi connectivity index (χ4v) is 5.14. The van der Waals surface area contributed by atoms with Gasteiger partial charge in [-0.15, -0.1) is 11.3 Å². The Balaban J connectivity index is 1.23. The second-order valence-corrected chi connectivity index (χ2v) is 8.98. The molecule has 0 radical (unpaired) electrons. The van der Waals surface area contributed by atoms with Gasteiger partial charge in [-0.05, 0) is 38.3 Å². The van der Waals surface area contributed by atoms with E-state index in [1.165, 1.54) is 11.3 Å². The summed E-state index contributed by atoms with van der Waals surface area (Å²) in [7, 11) is 0. The number of nitrogens with one attached hydrogen (secondary N) is 1. The van der Waals surface area contributed by atoms with E-state index in [-0.39, 0.29) is 18.1 Å². The Labute approximate surface area is 179 Å². The predicted molar refractivity (Wildman–Crippen MR) is 118 cm³/mol. The summed E-state index contributed by atoms with van der Waals surface area (Å²) in [6.45, 7) is 5.17. The number of carbonyl (C=O) groups excluding carboxylic acids is 1. The zero-order valence-electron chi connectivity index (χ0n) is 17.0. The molecule has 8 nitrogen and oxygen atoms in total. The minimum Gasteiger partial charge on any atom is -0.393 e. The Hall–Kier alpha value is -2.65. The van der Waals surface area contributed by atoms with Crippen LogP contribution in [0.25, 0.3) is 5.52 Å². The number of carbonyl (C=O) groups is 1. The Morgan fingerprint density at radius 2 is 2.00 bits per heavy atom. The van der Waals surface area contributed by atoms with E-state index in [2.05, 4.69) is 30.6 Å². The standard InChI is InChI=1S/C21H26N6O2S/c1-14-11-26-7-2-3-18(26)19(22-14)27-8-4-15(12-27)23-20(29)17-13-30-21(24-17)25-9-5-16(28)6-10-25/h2-3,7,11,13,15-16,28H,4-6,8-10,12H2,1H3,(H,23,29)/t15-/m0/s1. The molecule has 0 bridgehead atoms. The van der Waals surface area contributed by atoms with Crippen molar-refractivity contribution in [2.24, 2.45) is 0 Å². The van der Waals surface area contributed by atoms with Gasteiger partial charge in [0.15, 0.2) is 10.9 Å². The molecular weight excluding hydrogens is 400 g/mol. The number of aliphatic hydroxyl groups excluding tert-OH is 1. The third-order valence-electron chi connectivity index (χ3n) is 5.90. The average molecular weight is 427 g/mol. The molecule has 0 unspecified atom stereocenters. The molecule has 1 atom stereocenters. The normalized spacial score (nSPS) is 20.3. The molecular formula is C21H26N6O2S.